The zero-order valence-electron chi connectivity index (χ0n) is 13.1. The van der Waals surface area contributed by atoms with Crippen molar-refractivity contribution < 1.29 is 5.11 Å². The highest BCUT2D eigenvalue weighted by Gasteiger charge is 2.30. The highest BCUT2D eigenvalue weighted by molar-refractivity contribution is 7.10. The van der Waals surface area contributed by atoms with Gasteiger partial charge in [0.2, 0.25) is 0 Å². The largest absolute Gasteiger partial charge is 0.394 e. The monoisotopic (exact) mass is 346 g/mol. The molecule has 0 saturated carbocycles. The highest BCUT2D eigenvalue weighted by atomic mass is 35.5. The van der Waals surface area contributed by atoms with Crippen molar-refractivity contribution >= 4 is 34.8 Å². The van der Waals surface area contributed by atoms with Gasteiger partial charge in [-0.1, -0.05) is 23.7 Å². The zero-order chi connectivity index (χ0) is 16.4. The molecule has 0 aliphatic carbocycles. The number of benzene rings is 1. The Kier molecular flexibility index (Phi) is 4.85. The van der Waals surface area contributed by atoms with Crippen LogP contribution in [0.1, 0.15) is 29.1 Å². The molecule has 1 aliphatic heterocycles. The van der Waals surface area contributed by atoms with Crippen LogP contribution in [0.2, 0.25) is 5.02 Å². The SMILES string of the molecule is Cc1ccsc1C1N=CC=C(c2ccc(Cl)cc2)N1[C@@H](C)CO. The summed E-state index contributed by atoms with van der Waals surface area (Å²) in [6.07, 6.45) is 3.75. The predicted molar refractivity (Wildman–Crippen MR) is 98.1 cm³/mol. The molecule has 1 unspecified atom stereocenters. The summed E-state index contributed by atoms with van der Waals surface area (Å²) in [5, 5.41) is 12.5. The summed E-state index contributed by atoms with van der Waals surface area (Å²) in [6.45, 7) is 4.19. The van der Waals surface area contributed by atoms with Crippen molar-refractivity contribution in [3.8, 4) is 0 Å². The molecular formula is C18H19ClN2OS. The number of aryl methyl sites for hydroxylation is 1. The van der Waals surface area contributed by atoms with E-state index in [1.165, 1.54) is 10.4 Å². The van der Waals surface area contributed by atoms with E-state index in [0.717, 1.165) is 11.3 Å². The third-order valence-corrected chi connectivity index (χ3v) is 5.33. The highest BCUT2D eigenvalue weighted by Crippen LogP contribution is 2.38. The Balaban J connectivity index is 2.04. The van der Waals surface area contributed by atoms with Crippen LogP contribution in [0, 0.1) is 6.92 Å². The number of nitrogens with zero attached hydrogens (tertiary/aromatic N) is 2. The van der Waals surface area contributed by atoms with E-state index in [4.69, 9.17) is 11.6 Å². The van der Waals surface area contributed by atoms with Gasteiger partial charge in [0.25, 0.3) is 0 Å². The van der Waals surface area contributed by atoms with Crippen molar-refractivity contribution in [1.29, 1.82) is 0 Å². The van der Waals surface area contributed by atoms with Gasteiger partial charge in [0.1, 0.15) is 0 Å². The van der Waals surface area contributed by atoms with Crippen LogP contribution < -0.4 is 0 Å². The molecule has 0 radical (unpaired) electrons. The molecule has 0 spiro atoms. The lowest BCUT2D eigenvalue weighted by molar-refractivity contribution is 0.153. The van der Waals surface area contributed by atoms with Crippen molar-refractivity contribution in [1.82, 2.24) is 4.90 Å². The molecule has 3 nitrogen and oxygen atoms in total. The second-order valence-corrected chi connectivity index (χ2v) is 7.02. The number of aliphatic imine (C=N–C) groups is 1. The smallest absolute Gasteiger partial charge is 0.156 e. The van der Waals surface area contributed by atoms with Crippen LogP contribution in [0.25, 0.3) is 5.70 Å². The normalized spacial score (nSPS) is 18.9. The Hall–Kier alpha value is -1.62. The molecule has 5 heteroatoms. The molecule has 1 aromatic heterocycles. The summed E-state index contributed by atoms with van der Waals surface area (Å²) in [5.41, 5.74) is 3.35. The number of halogens is 1. The lowest BCUT2D eigenvalue weighted by Crippen LogP contribution is -2.38. The van der Waals surface area contributed by atoms with Crippen LogP contribution in [0.5, 0.6) is 0 Å². The molecule has 2 heterocycles. The molecular weight excluding hydrogens is 328 g/mol. The summed E-state index contributed by atoms with van der Waals surface area (Å²) in [5.74, 6) is 0. The quantitative estimate of drug-likeness (QED) is 0.883. The van der Waals surface area contributed by atoms with E-state index in [-0.39, 0.29) is 18.8 Å². The van der Waals surface area contributed by atoms with Crippen LogP contribution in [0.15, 0.2) is 46.8 Å². The molecule has 1 N–H and O–H groups in total. The van der Waals surface area contributed by atoms with E-state index in [0.29, 0.717) is 5.02 Å². The first-order valence-corrected chi connectivity index (χ1v) is 8.80. The van der Waals surface area contributed by atoms with Crippen LogP contribution in [-0.4, -0.2) is 28.9 Å². The number of aliphatic hydroxyl groups is 1. The molecule has 120 valence electrons. The molecule has 3 rings (SSSR count). The van der Waals surface area contributed by atoms with Crippen LogP contribution in [0.4, 0.5) is 0 Å². The van der Waals surface area contributed by atoms with Crippen molar-refractivity contribution in [3.63, 3.8) is 0 Å². The topological polar surface area (TPSA) is 35.8 Å². The molecule has 23 heavy (non-hydrogen) atoms. The molecule has 1 aromatic carbocycles. The van der Waals surface area contributed by atoms with Gasteiger partial charge in [-0.15, -0.1) is 11.3 Å². The number of aliphatic hydroxyl groups excluding tert-OH is 1. The average molecular weight is 347 g/mol. The van der Waals surface area contributed by atoms with E-state index in [1.807, 2.05) is 43.5 Å². The van der Waals surface area contributed by atoms with E-state index in [9.17, 15) is 5.11 Å². The minimum atomic E-state index is -0.104. The van der Waals surface area contributed by atoms with E-state index < -0.39 is 0 Å². The fourth-order valence-electron chi connectivity index (χ4n) is 2.76. The summed E-state index contributed by atoms with van der Waals surface area (Å²) in [4.78, 5) is 8.07. The maximum absolute atomic E-state index is 9.74. The van der Waals surface area contributed by atoms with Gasteiger partial charge in [-0.25, -0.2) is 0 Å². The third kappa shape index (κ3) is 3.20. The van der Waals surface area contributed by atoms with E-state index in [1.54, 1.807) is 11.3 Å². The maximum atomic E-state index is 9.74. The number of hydrogen-bond donors (Lipinski definition) is 1. The van der Waals surface area contributed by atoms with Gasteiger partial charge in [0.15, 0.2) is 6.17 Å². The molecule has 1 aliphatic rings. The standard InChI is InChI=1S/C18H19ClN2OS/c1-12-8-10-23-17(12)18-20-9-7-16(21(18)13(2)11-22)14-3-5-15(19)6-4-14/h3-10,13,18,22H,11H2,1-2H3/t13-,18?/m0/s1. The molecule has 0 bridgehead atoms. The minimum absolute atomic E-state index is 0.0409. The Bertz CT molecular complexity index is 736. The number of rotatable bonds is 4. The predicted octanol–water partition coefficient (Wildman–Crippen LogP) is 4.52. The van der Waals surface area contributed by atoms with Crippen molar-refractivity contribution in [2.45, 2.75) is 26.1 Å². The summed E-state index contributed by atoms with van der Waals surface area (Å²) in [7, 11) is 0. The van der Waals surface area contributed by atoms with Crippen LogP contribution in [0.3, 0.4) is 0 Å². The van der Waals surface area contributed by atoms with Gasteiger partial charge in [-0.05, 0) is 54.6 Å². The van der Waals surface area contributed by atoms with Gasteiger partial charge >= 0.3 is 0 Å². The lowest BCUT2D eigenvalue weighted by atomic mass is 10.1. The lowest BCUT2D eigenvalue weighted by Gasteiger charge is -2.39. The molecule has 2 atom stereocenters. The molecule has 2 aromatic rings. The Morgan fingerprint density at radius 1 is 1.30 bits per heavy atom. The molecule has 0 saturated heterocycles. The average Bonchev–Trinajstić information content (AvgIpc) is 3.00. The second kappa shape index (κ2) is 6.87. The van der Waals surface area contributed by atoms with Gasteiger partial charge < -0.3 is 10.0 Å². The number of hydrogen-bond acceptors (Lipinski definition) is 4. The zero-order valence-corrected chi connectivity index (χ0v) is 14.7. The van der Waals surface area contributed by atoms with Crippen molar-refractivity contribution in [3.05, 3.63) is 62.8 Å². The van der Waals surface area contributed by atoms with Crippen LogP contribution in [-0.2, 0) is 0 Å². The molecule has 0 amide bonds. The Morgan fingerprint density at radius 2 is 2.04 bits per heavy atom. The fourth-order valence-corrected chi connectivity index (χ4v) is 3.85. The fraction of sp³-hybridized carbons (Fsp3) is 0.278. The summed E-state index contributed by atoms with van der Waals surface area (Å²) < 4.78 is 0. The van der Waals surface area contributed by atoms with E-state index >= 15 is 0 Å². The Labute approximate surface area is 145 Å². The van der Waals surface area contributed by atoms with Gasteiger partial charge in [-0.3, -0.25) is 4.99 Å². The van der Waals surface area contributed by atoms with Crippen LogP contribution >= 0.6 is 22.9 Å². The first kappa shape index (κ1) is 16.2. The first-order valence-electron chi connectivity index (χ1n) is 7.54. The summed E-state index contributed by atoms with van der Waals surface area (Å²) >= 11 is 7.71. The van der Waals surface area contributed by atoms with Crippen molar-refractivity contribution in [2.75, 3.05) is 6.61 Å². The van der Waals surface area contributed by atoms with Crippen molar-refractivity contribution in [2.24, 2.45) is 4.99 Å². The second-order valence-electron chi connectivity index (χ2n) is 5.64. The van der Waals surface area contributed by atoms with Gasteiger partial charge in [0, 0.05) is 16.9 Å². The summed E-state index contributed by atoms with van der Waals surface area (Å²) in [6, 6.07) is 9.84. The minimum Gasteiger partial charge on any atom is -0.394 e. The first-order chi connectivity index (χ1) is 11.1. The third-order valence-electron chi connectivity index (χ3n) is 4.02. The van der Waals surface area contributed by atoms with Gasteiger partial charge in [-0.2, -0.15) is 0 Å². The van der Waals surface area contributed by atoms with Gasteiger partial charge in [0.05, 0.1) is 17.5 Å². The molecule has 0 fully saturated rings. The van der Waals surface area contributed by atoms with E-state index in [2.05, 4.69) is 28.3 Å². The maximum Gasteiger partial charge on any atom is 0.156 e. The number of thiophene rings is 1. The Morgan fingerprint density at radius 3 is 2.65 bits per heavy atom. The number of allylic oxidation sites excluding steroid dienone is 1.